The first-order valence-electron chi connectivity index (χ1n) is 7.95. The van der Waals surface area contributed by atoms with E-state index in [1.165, 1.54) is 0 Å². The van der Waals surface area contributed by atoms with Gasteiger partial charge in [0.2, 0.25) is 0 Å². The van der Waals surface area contributed by atoms with E-state index >= 15 is 0 Å². The molecule has 1 unspecified atom stereocenters. The molecule has 1 amide bonds. The number of methoxy groups -OCH3 is 1. The molecule has 1 aliphatic heterocycles. The van der Waals surface area contributed by atoms with Gasteiger partial charge >= 0.3 is 0 Å². The number of fused-ring (bicyclic) bond motifs is 1. The highest BCUT2D eigenvalue weighted by molar-refractivity contribution is 5.78. The van der Waals surface area contributed by atoms with Gasteiger partial charge in [-0.15, -0.1) is 0 Å². The molecule has 2 aromatic rings. The Morgan fingerprint density at radius 1 is 1.17 bits per heavy atom. The van der Waals surface area contributed by atoms with Crippen molar-refractivity contribution in [3.8, 4) is 17.2 Å². The predicted molar refractivity (Wildman–Crippen MR) is 90.4 cm³/mol. The van der Waals surface area contributed by atoms with Crippen LogP contribution in [-0.2, 0) is 11.3 Å². The van der Waals surface area contributed by atoms with E-state index in [1.54, 1.807) is 24.1 Å². The number of rotatable bonds is 4. The van der Waals surface area contributed by atoms with Crippen LogP contribution in [0.4, 0.5) is 0 Å². The van der Waals surface area contributed by atoms with E-state index in [9.17, 15) is 4.79 Å². The molecule has 0 radical (unpaired) electrons. The van der Waals surface area contributed by atoms with Crippen LogP contribution < -0.4 is 14.2 Å². The number of amides is 1. The number of hydrogen-bond donors (Lipinski definition) is 0. The van der Waals surface area contributed by atoms with Crippen molar-refractivity contribution in [3.63, 3.8) is 0 Å². The fourth-order valence-electron chi connectivity index (χ4n) is 2.74. The maximum absolute atomic E-state index is 12.6. The Bertz CT molecular complexity index is 716. The molecular formula is C19H21NO4. The average Bonchev–Trinajstić information content (AvgIpc) is 2.77. The van der Waals surface area contributed by atoms with Crippen molar-refractivity contribution in [1.82, 2.24) is 4.90 Å². The third-order valence-electron chi connectivity index (χ3n) is 3.91. The van der Waals surface area contributed by atoms with Crippen LogP contribution in [0.3, 0.4) is 0 Å². The largest absolute Gasteiger partial charge is 0.493 e. The summed E-state index contributed by atoms with van der Waals surface area (Å²) in [5.41, 5.74) is 1.01. The van der Waals surface area contributed by atoms with E-state index < -0.39 is 0 Å². The molecule has 1 heterocycles. The van der Waals surface area contributed by atoms with Gasteiger partial charge in [0.25, 0.3) is 5.91 Å². The van der Waals surface area contributed by atoms with Crippen LogP contribution in [0.5, 0.6) is 17.2 Å². The van der Waals surface area contributed by atoms with Crippen molar-refractivity contribution in [1.29, 1.82) is 0 Å². The van der Waals surface area contributed by atoms with Gasteiger partial charge in [-0.05, 0) is 25.1 Å². The fourth-order valence-corrected chi connectivity index (χ4v) is 2.74. The SMILES string of the molecule is COc1ccccc1OCC(=O)N1Cc2ccccc2OC(C)C1. The first-order chi connectivity index (χ1) is 11.7. The Hall–Kier alpha value is -2.69. The lowest BCUT2D eigenvalue weighted by Crippen LogP contribution is -2.38. The number of benzene rings is 2. The lowest BCUT2D eigenvalue weighted by molar-refractivity contribution is -0.134. The average molecular weight is 327 g/mol. The maximum atomic E-state index is 12.6. The van der Waals surface area contributed by atoms with Crippen molar-refractivity contribution in [2.75, 3.05) is 20.3 Å². The zero-order chi connectivity index (χ0) is 16.9. The van der Waals surface area contributed by atoms with E-state index in [2.05, 4.69) is 0 Å². The Kier molecular flexibility index (Phi) is 4.89. The van der Waals surface area contributed by atoms with Crippen molar-refractivity contribution in [2.45, 2.75) is 19.6 Å². The summed E-state index contributed by atoms with van der Waals surface area (Å²) in [5.74, 6) is 1.94. The maximum Gasteiger partial charge on any atom is 0.260 e. The molecule has 5 nitrogen and oxygen atoms in total. The molecular weight excluding hydrogens is 306 g/mol. The summed E-state index contributed by atoms with van der Waals surface area (Å²) in [6, 6.07) is 15.1. The first-order valence-corrected chi connectivity index (χ1v) is 7.95. The van der Waals surface area contributed by atoms with E-state index in [0.29, 0.717) is 24.6 Å². The minimum Gasteiger partial charge on any atom is -0.493 e. The number of para-hydroxylation sites is 3. The van der Waals surface area contributed by atoms with Crippen LogP contribution in [0.1, 0.15) is 12.5 Å². The molecule has 0 spiro atoms. The summed E-state index contributed by atoms with van der Waals surface area (Å²) in [5, 5.41) is 0. The van der Waals surface area contributed by atoms with Crippen LogP contribution >= 0.6 is 0 Å². The molecule has 0 N–H and O–H groups in total. The second kappa shape index (κ2) is 7.25. The van der Waals surface area contributed by atoms with Crippen LogP contribution in [-0.4, -0.2) is 37.2 Å². The zero-order valence-electron chi connectivity index (χ0n) is 13.9. The topological polar surface area (TPSA) is 48.0 Å². The highest BCUT2D eigenvalue weighted by Gasteiger charge is 2.24. The van der Waals surface area contributed by atoms with Crippen LogP contribution in [0.15, 0.2) is 48.5 Å². The summed E-state index contributed by atoms with van der Waals surface area (Å²) in [7, 11) is 1.58. The predicted octanol–water partition coefficient (Wildman–Crippen LogP) is 2.88. The Balaban J connectivity index is 1.68. The van der Waals surface area contributed by atoms with Crippen LogP contribution in [0.25, 0.3) is 0 Å². The summed E-state index contributed by atoms with van der Waals surface area (Å²) in [6.07, 6.45) is -0.0659. The molecule has 0 fully saturated rings. The number of nitrogens with zero attached hydrogens (tertiary/aromatic N) is 1. The van der Waals surface area contributed by atoms with Crippen molar-refractivity contribution < 1.29 is 19.0 Å². The third kappa shape index (κ3) is 3.62. The fraction of sp³-hybridized carbons (Fsp3) is 0.316. The third-order valence-corrected chi connectivity index (χ3v) is 3.91. The van der Waals surface area contributed by atoms with Crippen molar-refractivity contribution in [3.05, 3.63) is 54.1 Å². The quantitative estimate of drug-likeness (QED) is 0.866. The molecule has 0 saturated heterocycles. The minimum absolute atomic E-state index is 0.0325. The monoisotopic (exact) mass is 327 g/mol. The van der Waals surface area contributed by atoms with E-state index in [4.69, 9.17) is 14.2 Å². The van der Waals surface area contributed by atoms with Crippen LogP contribution in [0, 0.1) is 0 Å². The molecule has 2 aromatic carbocycles. The van der Waals surface area contributed by atoms with Gasteiger partial charge in [0, 0.05) is 12.1 Å². The number of ether oxygens (including phenoxy) is 3. The first kappa shape index (κ1) is 16.2. The lowest BCUT2D eigenvalue weighted by atomic mass is 10.2. The molecule has 0 aliphatic carbocycles. The van der Waals surface area contributed by atoms with Crippen LogP contribution in [0.2, 0.25) is 0 Å². The molecule has 3 rings (SSSR count). The molecule has 0 aromatic heterocycles. The highest BCUT2D eigenvalue weighted by Crippen LogP contribution is 2.27. The summed E-state index contributed by atoms with van der Waals surface area (Å²) < 4.78 is 16.8. The van der Waals surface area contributed by atoms with Gasteiger partial charge in [-0.1, -0.05) is 30.3 Å². The van der Waals surface area contributed by atoms with E-state index in [1.807, 2.05) is 43.3 Å². The van der Waals surface area contributed by atoms with Crippen molar-refractivity contribution in [2.24, 2.45) is 0 Å². The molecule has 1 aliphatic rings. The van der Waals surface area contributed by atoms with Gasteiger partial charge < -0.3 is 19.1 Å². The minimum atomic E-state index is -0.0759. The molecule has 1 atom stereocenters. The van der Waals surface area contributed by atoms with Gasteiger partial charge in [0.15, 0.2) is 18.1 Å². The Morgan fingerprint density at radius 2 is 1.88 bits per heavy atom. The van der Waals surface area contributed by atoms with Gasteiger partial charge in [0.05, 0.1) is 13.7 Å². The standard InChI is InChI=1S/C19H21NO4/c1-14-11-20(12-15-7-3-4-8-16(15)24-14)19(21)13-23-18-10-6-5-9-17(18)22-2/h3-10,14H,11-13H2,1-2H3. The summed E-state index contributed by atoms with van der Waals surface area (Å²) in [6.45, 7) is 2.98. The van der Waals surface area contributed by atoms with E-state index in [-0.39, 0.29) is 18.6 Å². The second-order valence-corrected chi connectivity index (χ2v) is 5.75. The van der Waals surface area contributed by atoms with Gasteiger partial charge in [0.1, 0.15) is 11.9 Å². The van der Waals surface area contributed by atoms with Gasteiger partial charge in [-0.2, -0.15) is 0 Å². The Morgan fingerprint density at radius 3 is 2.67 bits per heavy atom. The number of carbonyl (C=O) groups is 1. The summed E-state index contributed by atoms with van der Waals surface area (Å²) >= 11 is 0. The smallest absolute Gasteiger partial charge is 0.260 e. The molecule has 24 heavy (non-hydrogen) atoms. The lowest BCUT2D eigenvalue weighted by Gasteiger charge is -2.22. The molecule has 126 valence electrons. The second-order valence-electron chi connectivity index (χ2n) is 5.75. The highest BCUT2D eigenvalue weighted by atomic mass is 16.5. The van der Waals surface area contributed by atoms with Gasteiger partial charge in [-0.3, -0.25) is 4.79 Å². The summed E-state index contributed by atoms with van der Waals surface area (Å²) in [4.78, 5) is 14.4. The molecule has 0 bridgehead atoms. The molecule has 5 heteroatoms. The van der Waals surface area contributed by atoms with Crippen molar-refractivity contribution >= 4 is 5.91 Å². The number of carbonyl (C=O) groups excluding carboxylic acids is 1. The Labute approximate surface area is 141 Å². The zero-order valence-corrected chi connectivity index (χ0v) is 13.9. The number of hydrogen-bond acceptors (Lipinski definition) is 4. The normalized spacial score (nSPS) is 16.6. The van der Waals surface area contributed by atoms with Gasteiger partial charge in [-0.25, -0.2) is 0 Å². The van der Waals surface area contributed by atoms with E-state index in [0.717, 1.165) is 11.3 Å². The molecule has 0 saturated carbocycles.